The minimum absolute atomic E-state index is 0. The molecule has 0 aliphatic carbocycles. The van der Waals surface area contributed by atoms with Gasteiger partial charge < -0.3 is 41.7 Å². The molecule has 3 heterocycles. The molecule has 3 aliphatic heterocycles. The fourth-order valence-corrected chi connectivity index (χ4v) is 23.5. The molecule has 4 N–H and O–H groups in total. The summed E-state index contributed by atoms with van der Waals surface area (Å²) >= 11 is 20.7. The summed E-state index contributed by atoms with van der Waals surface area (Å²) in [7, 11) is -13.2. The second-order valence-corrected chi connectivity index (χ2v) is 41.5. The van der Waals surface area contributed by atoms with Crippen molar-refractivity contribution in [3.05, 3.63) is 231 Å². The molecule has 31 heteroatoms. The lowest BCUT2D eigenvalue weighted by molar-refractivity contribution is -0.439. The van der Waals surface area contributed by atoms with Gasteiger partial charge in [0, 0.05) is 117 Å². The van der Waals surface area contributed by atoms with E-state index in [9.17, 15) is 63.5 Å². The first-order chi connectivity index (χ1) is 52.2. The van der Waals surface area contributed by atoms with Crippen LogP contribution in [0.4, 0.5) is 17.1 Å². The second kappa shape index (κ2) is 49.9. The lowest BCUT2D eigenvalue weighted by Crippen LogP contribution is -3.00. The van der Waals surface area contributed by atoms with Crippen LogP contribution in [-0.2, 0) is 67.4 Å². The van der Waals surface area contributed by atoms with Crippen molar-refractivity contribution in [1.29, 1.82) is 0 Å². The van der Waals surface area contributed by atoms with Gasteiger partial charge in [0.25, 0.3) is 10.1 Å². The molecule has 4 unspecified atom stereocenters. The van der Waals surface area contributed by atoms with Crippen LogP contribution in [0.25, 0.3) is 6.08 Å². The minimum atomic E-state index is -4.54. The number of allylic oxidation sites excluding steroid dienone is 13. The van der Waals surface area contributed by atoms with Crippen molar-refractivity contribution in [2.24, 2.45) is 5.92 Å². The molecule has 0 saturated heterocycles. The maximum Gasteiger partial charge on any atom is 0.307 e. The number of aliphatic carboxylic acids is 3. The van der Waals surface area contributed by atoms with Crippen molar-refractivity contribution in [3.8, 4) is 0 Å². The Morgan fingerprint density at radius 1 is 0.558 bits per heavy atom. The molecule has 3 aliphatic rings. The summed E-state index contributed by atoms with van der Waals surface area (Å²) in [6.45, 7) is 17.1. The maximum absolute atomic E-state index is 13.0. The summed E-state index contributed by atoms with van der Waals surface area (Å²) in [6, 6.07) is 26.8. The largest absolute Gasteiger partial charge is 1.00 e. The summed E-state index contributed by atoms with van der Waals surface area (Å²) < 4.78 is 117. The predicted molar refractivity (Wildman–Crippen MR) is 528 cm³/mol. The van der Waals surface area contributed by atoms with Gasteiger partial charge in [0.05, 0.1) is 48.1 Å². The Balaban J connectivity index is 0.000000520. The van der Waals surface area contributed by atoms with Crippen LogP contribution in [0.1, 0.15) is 166 Å². The molecule has 0 aromatic heterocycles. The van der Waals surface area contributed by atoms with E-state index >= 15 is 0 Å². The van der Waals surface area contributed by atoms with Crippen LogP contribution in [0.5, 0.6) is 0 Å². The number of nitrogens with zero attached hydrogens (tertiary/aromatic N) is 3. The normalized spacial score (nSPS) is 18.0. The third kappa shape index (κ3) is 30.6. The maximum atomic E-state index is 13.0. The average molecular weight is 2640 g/mol. The summed E-state index contributed by atoms with van der Waals surface area (Å²) in [5.41, 5.74) is 8.83. The number of unbranched alkanes of at least 4 members (excludes halogenated alkanes) is 5. The van der Waals surface area contributed by atoms with Crippen LogP contribution in [0.15, 0.2) is 171 Å². The van der Waals surface area contributed by atoms with Crippen LogP contribution in [0.3, 0.4) is 0 Å². The van der Waals surface area contributed by atoms with Gasteiger partial charge in [-0.25, -0.2) is 16.8 Å². The molecule has 618 valence electrons. The van der Waals surface area contributed by atoms with Gasteiger partial charge >= 0.3 is 17.9 Å². The van der Waals surface area contributed by atoms with Crippen molar-refractivity contribution in [2.45, 2.75) is 161 Å². The first-order valence-electron chi connectivity index (χ1n) is 35.6. The van der Waals surface area contributed by atoms with E-state index in [-0.39, 0.29) is 56.7 Å². The fourth-order valence-electron chi connectivity index (χ4n) is 13.9. The van der Waals surface area contributed by atoms with Crippen LogP contribution in [0, 0.1) is 38.0 Å². The standard InChI is InChI=1S/C41H46I6N2O10S2.C19H24I3NO5S.C19H18.C2H4.CH4.ClH/c1-4-5-15-25(39(52)53)41(3)31(49(24-61(57,58)59)29-23-27(43)36(45)38(47)34(29)41)17-11-8-6-7-10-16-30-40(2,19-13-9-12-18-32(50)51)33-28(22-26(42)35(44)37(33)46)48(30)20-14-21-60(54,55)56;1-12-19(2,8-5-3-4-7-15(24)25)16-14(11-13(20)17(21)18(16)22)23(12)9-6-10-29(26,27)28;1(2-6-12-18-14-8-4-9-15-18)3-7-13-19-16-10-5-11-17-19;1-2;;/h6-8,10-11,16-17,22-23,25H,4-5,9,12-15,18-21,24H2,1-3H3,(H3-,50,51,52,53,54,55,56,57,58,59);11H,3-10H2,1-2H3,(H-,24,25,26,27,28);1-12,14-17H,13H2;1-2H2;1H4;1H/p-1/b;;2-1+,7-3+,12-6+;;;. The smallest absolute Gasteiger partial charge is 0.307 e. The molecule has 0 fully saturated rings. The second-order valence-electron chi connectivity index (χ2n) is 27.0. The molecule has 8 rings (SSSR count). The predicted octanol–water partition coefficient (Wildman–Crippen LogP) is 19.1. The Labute approximate surface area is 797 Å². The SMILES string of the molecule is C.C(=C\C=C\c1ccccc1)/C=C/Cc1ccccc1.C=C.CC1=[N+](CCCS(=O)(=O)[O-])c2cc(I)c(I)c(I)c2C1(C)CCCCCC(=O)O.CCCCC(C(=O)O)C1(C)/C(=C/C=C/C=C/C=C/C2=[N+](CCCS(=O)(=O)[O-])c3cc(I)c(I)c(I)c3C2(C)CCCCCC(=O)O)N(CS(=O)(=O)O)c2cc(I)c(I)c(I)c21.[Cl-]. The van der Waals surface area contributed by atoms with Crippen LogP contribution < -0.4 is 17.3 Å². The minimum Gasteiger partial charge on any atom is -1.00 e. The van der Waals surface area contributed by atoms with Gasteiger partial charge in [-0.3, -0.25) is 18.9 Å². The van der Waals surface area contributed by atoms with Crippen molar-refractivity contribution in [1.82, 2.24) is 0 Å². The number of halogens is 10. The Morgan fingerprint density at radius 3 is 1.50 bits per heavy atom. The number of anilines is 1. The van der Waals surface area contributed by atoms with E-state index in [2.05, 4.69) is 331 Å². The molecule has 4 atom stereocenters. The van der Waals surface area contributed by atoms with Gasteiger partial charge in [-0.2, -0.15) is 17.6 Å². The number of hydrogen-bond acceptors (Lipinski definition) is 12. The van der Waals surface area contributed by atoms with Crippen molar-refractivity contribution in [3.63, 3.8) is 0 Å². The first-order valence-corrected chi connectivity index (χ1v) is 50.1. The molecule has 5 aromatic rings. The molecule has 5 aromatic carbocycles. The number of carbonyl (C=O) groups is 3. The van der Waals surface area contributed by atoms with E-state index in [1.165, 1.54) is 28.7 Å². The van der Waals surface area contributed by atoms with E-state index in [0.717, 1.165) is 98.3 Å². The molecule has 18 nitrogen and oxygen atoms in total. The molecule has 0 radical (unpaired) electrons. The van der Waals surface area contributed by atoms with Gasteiger partial charge in [0.1, 0.15) is 13.1 Å². The lowest BCUT2D eigenvalue weighted by atomic mass is 9.69. The zero-order chi connectivity index (χ0) is 82.8. The lowest BCUT2D eigenvalue weighted by Gasteiger charge is -2.35. The summed E-state index contributed by atoms with van der Waals surface area (Å²) in [5.74, 6) is -5.12. The van der Waals surface area contributed by atoms with Gasteiger partial charge in [0.2, 0.25) is 11.4 Å². The number of hydrogen-bond donors (Lipinski definition) is 4. The summed E-state index contributed by atoms with van der Waals surface area (Å²) in [4.78, 5) is 36.5. The molecule has 0 amide bonds. The van der Waals surface area contributed by atoms with E-state index in [1.54, 1.807) is 24.3 Å². The molecule has 113 heavy (non-hydrogen) atoms. The number of benzene rings is 5. The van der Waals surface area contributed by atoms with Crippen LogP contribution in [-0.4, -0.2) is 123 Å². The van der Waals surface area contributed by atoms with Gasteiger partial charge in [-0.1, -0.05) is 180 Å². The number of carboxylic acids is 3. The van der Waals surface area contributed by atoms with Crippen molar-refractivity contribution in [2.75, 3.05) is 35.4 Å². The number of rotatable bonds is 36. The van der Waals surface area contributed by atoms with Crippen LogP contribution >= 0.6 is 203 Å². The van der Waals surface area contributed by atoms with E-state index in [4.69, 9.17) is 5.11 Å². The average Bonchev–Trinajstić information content (AvgIpc) is 1.50. The molecular weight excluding hydrogens is 2540 g/mol. The van der Waals surface area contributed by atoms with Gasteiger partial charge in [0.15, 0.2) is 17.3 Å². The third-order valence-electron chi connectivity index (χ3n) is 19.3. The van der Waals surface area contributed by atoms with Gasteiger partial charge in [-0.15, -0.1) is 13.2 Å². The molecule has 0 bridgehead atoms. The van der Waals surface area contributed by atoms with Gasteiger partial charge in [-0.05, 0) is 286 Å². The van der Waals surface area contributed by atoms with E-state index in [1.807, 2.05) is 62.4 Å². The Morgan fingerprint density at radius 2 is 1.00 bits per heavy atom. The highest BCUT2D eigenvalue weighted by atomic mass is 127. The first kappa shape index (κ1) is 105. The zero-order valence-corrected chi connectivity index (χ0v) is 85.1. The molecule has 0 saturated carbocycles. The Bertz CT molecular complexity index is 4810. The Kier molecular flexibility index (Phi) is 46.5. The quantitative estimate of drug-likeness (QED) is 0.00551. The van der Waals surface area contributed by atoms with Crippen molar-refractivity contribution >= 4 is 286 Å². The highest BCUT2D eigenvalue weighted by Crippen LogP contribution is 2.57. The van der Waals surface area contributed by atoms with E-state index < -0.39 is 76.6 Å². The summed E-state index contributed by atoms with van der Waals surface area (Å²) in [5, 5.41) is 28.7. The molecular formula is C82H96ClI9N3O15S3-. The fraction of sp³-hybridized carbons (Fsp3) is 0.378. The highest BCUT2D eigenvalue weighted by Gasteiger charge is 2.54. The van der Waals surface area contributed by atoms with Crippen LogP contribution in [0.2, 0.25) is 0 Å². The summed E-state index contributed by atoms with van der Waals surface area (Å²) in [6.07, 6.45) is 34.7. The molecule has 0 spiro atoms. The number of carboxylic acid groups (broad SMARTS) is 3. The van der Waals surface area contributed by atoms with E-state index in [0.29, 0.717) is 62.1 Å². The topological polar surface area (TPSA) is 290 Å². The zero-order valence-electron chi connectivity index (χ0n) is 62.5. The highest BCUT2D eigenvalue weighted by molar-refractivity contribution is 14.1. The number of fused-ring (bicyclic) bond motifs is 3. The van der Waals surface area contributed by atoms with Crippen molar-refractivity contribution < 1.29 is 90.2 Å². The Hall–Kier alpha value is -1.84. The monoisotopic (exact) mass is 2640 g/mol. The third-order valence-corrected chi connectivity index (χ3v) is 36.8.